The molecule has 3 N–H and O–H groups in total. The van der Waals surface area contributed by atoms with Crippen molar-refractivity contribution in [3.63, 3.8) is 0 Å². The summed E-state index contributed by atoms with van der Waals surface area (Å²) in [7, 11) is 0. The van der Waals surface area contributed by atoms with Gasteiger partial charge in [-0.1, -0.05) is 12.1 Å². The first-order valence-electron chi connectivity index (χ1n) is 4.62. The van der Waals surface area contributed by atoms with Gasteiger partial charge in [-0.2, -0.15) is 0 Å². The molecule has 74 valence electrons. The Morgan fingerprint density at radius 2 is 2.29 bits per heavy atom. The lowest BCUT2D eigenvalue weighted by Crippen LogP contribution is -2.00. The molecule has 0 aliphatic rings. The third-order valence-corrected chi connectivity index (χ3v) is 2.18. The van der Waals surface area contributed by atoms with E-state index in [1.807, 2.05) is 18.2 Å². The number of rotatable bonds is 3. The minimum Gasteiger partial charge on any atom is -0.408 e. The number of nitrogens with two attached hydrogens (primary N) is 1. The number of aromatic amines is 1. The second-order valence-electron chi connectivity index (χ2n) is 3.20. The number of oxazole rings is 1. The number of H-pyrrole nitrogens is 1. The van der Waals surface area contributed by atoms with Crippen LogP contribution in [-0.2, 0) is 6.42 Å². The Kier molecular flexibility index (Phi) is 2.37. The maximum atomic E-state index is 11.0. The number of aryl methyl sites for hydroxylation is 1. The minimum absolute atomic E-state index is 0.403. The van der Waals surface area contributed by atoms with Crippen LogP contribution in [0, 0.1) is 0 Å². The van der Waals surface area contributed by atoms with Gasteiger partial charge in [-0.3, -0.25) is 4.98 Å². The van der Waals surface area contributed by atoms with Gasteiger partial charge in [0.05, 0.1) is 5.52 Å². The Morgan fingerprint density at radius 1 is 1.43 bits per heavy atom. The molecule has 0 unspecified atom stereocenters. The number of hydrogen-bond acceptors (Lipinski definition) is 3. The van der Waals surface area contributed by atoms with Gasteiger partial charge < -0.3 is 10.2 Å². The normalized spacial score (nSPS) is 10.9. The van der Waals surface area contributed by atoms with Gasteiger partial charge in [0.25, 0.3) is 0 Å². The molecule has 1 aromatic carbocycles. The highest BCUT2D eigenvalue weighted by Crippen LogP contribution is 2.16. The number of nitrogens with one attached hydrogen (secondary N) is 1. The van der Waals surface area contributed by atoms with Crippen LogP contribution < -0.4 is 11.5 Å². The van der Waals surface area contributed by atoms with Gasteiger partial charge in [0.2, 0.25) is 0 Å². The molecule has 0 saturated carbocycles. The molecule has 0 bridgehead atoms. The van der Waals surface area contributed by atoms with E-state index in [1.54, 1.807) is 0 Å². The van der Waals surface area contributed by atoms with Crippen LogP contribution in [0.4, 0.5) is 0 Å². The summed E-state index contributed by atoms with van der Waals surface area (Å²) < 4.78 is 5.04. The second kappa shape index (κ2) is 3.67. The molecule has 1 heterocycles. The summed E-state index contributed by atoms with van der Waals surface area (Å²) in [6.07, 6.45) is 1.74. The summed E-state index contributed by atoms with van der Waals surface area (Å²) in [5, 5.41) is 0. The summed E-state index contributed by atoms with van der Waals surface area (Å²) in [5.74, 6) is -0.403. The molecule has 0 atom stereocenters. The molecule has 0 radical (unpaired) electrons. The van der Waals surface area contributed by atoms with Crippen molar-refractivity contribution >= 4 is 11.1 Å². The fraction of sp³-hybridized carbons (Fsp3) is 0.300. The molecule has 0 fully saturated rings. The second-order valence-corrected chi connectivity index (χ2v) is 3.20. The zero-order valence-electron chi connectivity index (χ0n) is 7.75. The van der Waals surface area contributed by atoms with Crippen molar-refractivity contribution in [1.29, 1.82) is 0 Å². The van der Waals surface area contributed by atoms with Crippen molar-refractivity contribution in [2.24, 2.45) is 5.73 Å². The van der Waals surface area contributed by atoms with Crippen molar-refractivity contribution in [1.82, 2.24) is 4.98 Å². The Morgan fingerprint density at radius 3 is 3.07 bits per heavy atom. The third-order valence-electron chi connectivity index (χ3n) is 2.18. The van der Waals surface area contributed by atoms with Crippen molar-refractivity contribution in [2.75, 3.05) is 6.54 Å². The van der Waals surface area contributed by atoms with E-state index < -0.39 is 5.76 Å². The van der Waals surface area contributed by atoms with Gasteiger partial charge in [-0.15, -0.1) is 0 Å². The van der Waals surface area contributed by atoms with Crippen molar-refractivity contribution in [2.45, 2.75) is 12.8 Å². The SMILES string of the molecule is NCCCc1cccc2[nH]c(=O)oc12. The van der Waals surface area contributed by atoms with Gasteiger partial charge in [-0.05, 0) is 31.0 Å². The highest BCUT2D eigenvalue weighted by Gasteiger charge is 2.05. The molecule has 2 rings (SSSR count). The first-order chi connectivity index (χ1) is 6.81. The van der Waals surface area contributed by atoms with Crippen LogP contribution in [0.3, 0.4) is 0 Å². The molecule has 1 aromatic heterocycles. The van der Waals surface area contributed by atoms with Crippen LogP contribution in [0.2, 0.25) is 0 Å². The van der Waals surface area contributed by atoms with E-state index in [2.05, 4.69) is 4.98 Å². The number of para-hydroxylation sites is 1. The zero-order chi connectivity index (χ0) is 9.97. The number of hydrogen-bond donors (Lipinski definition) is 2. The smallest absolute Gasteiger partial charge is 0.408 e. The first kappa shape index (κ1) is 9.02. The monoisotopic (exact) mass is 192 g/mol. The lowest BCUT2D eigenvalue weighted by atomic mass is 10.1. The molecule has 0 aliphatic heterocycles. The van der Waals surface area contributed by atoms with E-state index in [0.29, 0.717) is 12.1 Å². The van der Waals surface area contributed by atoms with Gasteiger partial charge in [0, 0.05) is 0 Å². The van der Waals surface area contributed by atoms with Gasteiger partial charge in [0.15, 0.2) is 5.58 Å². The average Bonchev–Trinajstić information content (AvgIpc) is 2.55. The quantitative estimate of drug-likeness (QED) is 0.762. The van der Waals surface area contributed by atoms with Crippen LogP contribution in [0.5, 0.6) is 0 Å². The Hall–Kier alpha value is -1.55. The van der Waals surface area contributed by atoms with E-state index in [1.165, 1.54) is 0 Å². The highest BCUT2D eigenvalue weighted by molar-refractivity contribution is 5.75. The molecule has 4 nitrogen and oxygen atoms in total. The molecule has 0 spiro atoms. The molecule has 2 aromatic rings. The largest absolute Gasteiger partial charge is 0.417 e. The zero-order valence-corrected chi connectivity index (χ0v) is 7.75. The van der Waals surface area contributed by atoms with Crippen LogP contribution in [0.15, 0.2) is 27.4 Å². The van der Waals surface area contributed by atoms with E-state index in [0.717, 1.165) is 23.9 Å². The van der Waals surface area contributed by atoms with Crippen LogP contribution in [0.1, 0.15) is 12.0 Å². The van der Waals surface area contributed by atoms with E-state index >= 15 is 0 Å². The first-order valence-corrected chi connectivity index (χ1v) is 4.62. The van der Waals surface area contributed by atoms with Crippen molar-refractivity contribution < 1.29 is 4.42 Å². The van der Waals surface area contributed by atoms with Gasteiger partial charge in [0.1, 0.15) is 0 Å². The lowest BCUT2D eigenvalue weighted by Gasteiger charge is -1.98. The summed E-state index contributed by atoms with van der Waals surface area (Å²) in [5.41, 5.74) is 7.87. The topological polar surface area (TPSA) is 72.0 Å². The Bertz CT molecular complexity index is 484. The lowest BCUT2D eigenvalue weighted by molar-refractivity contribution is 0.551. The number of fused-ring (bicyclic) bond motifs is 1. The number of aromatic nitrogens is 1. The minimum atomic E-state index is -0.403. The maximum Gasteiger partial charge on any atom is 0.417 e. The fourth-order valence-electron chi connectivity index (χ4n) is 1.52. The maximum absolute atomic E-state index is 11.0. The predicted octanol–water partition coefficient (Wildman–Crippen LogP) is 1.01. The number of benzene rings is 1. The van der Waals surface area contributed by atoms with Crippen LogP contribution in [0.25, 0.3) is 11.1 Å². The Labute approximate surface area is 80.7 Å². The van der Waals surface area contributed by atoms with E-state index in [4.69, 9.17) is 10.2 Å². The summed E-state index contributed by atoms with van der Waals surface area (Å²) >= 11 is 0. The Balaban J connectivity index is 2.47. The van der Waals surface area contributed by atoms with Crippen molar-refractivity contribution in [3.05, 3.63) is 34.3 Å². The molecule has 4 heteroatoms. The van der Waals surface area contributed by atoms with E-state index in [-0.39, 0.29) is 0 Å². The fourth-order valence-corrected chi connectivity index (χ4v) is 1.52. The molecule has 14 heavy (non-hydrogen) atoms. The van der Waals surface area contributed by atoms with E-state index in [9.17, 15) is 4.79 Å². The van der Waals surface area contributed by atoms with Crippen LogP contribution in [-0.4, -0.2) is 11.5 Å². The van der Waals surface area contributed by atoms with Crippen molar-refractivity contribution in [3.8, 4) is 0 Å². The molecule has 0 amide bonds. The molecular formula is C10H12N2O2. The third kappa shape index (κ3) is 1.56. The molecular weight excluding hydrogens is 180 g/mol. The molecule has 0 aliphatic carbocycles. The average molecular weight is 192 g/mol. The summed E-state index contributed by atoms with van der Waals surface area (Å²) in [4.78, 5) is 13.6. The molecule has 0 saturated heterocycles. The predicted molar refractivity (Wildman–Crippen MR) is 54.2 cm³/mol. The highest BCUT2D eigenvalue weighted by atomic mass is 16.4. The van der Waals surface area contributed by atoms with Gasteiger partial charge in [-0.25, -0.2) is 4.79 Å². The summed E-state index contributed by atoms with van der Waals surface area (Å²) in [6, 6.07) is 5.68. The van der Waals surface area contributed by atoms with Crippen LogP contribution >= 0.6 is 0 Å². The van der Waals surface area contributed by atoms with Gasteiger partial charge >= 0.3 is 5.76 Å². The standard InChI is InChI=1S/C10H12N2O2/c11-6-2-4-7-3-1-5-8-9(7)14-10(13)12-8/h1,3,5H,2,4,6,11H2,(H,12,13). The summed E-state index contributed by atoms with van der Waals surface area (Å²) in [6.45, 7) is 0.644.